The van der Waals surface area contributed by atoms with Crippen LogP contribution in [0.3, 0.4) is 0 Å². The second-order valence-corrected chi connectivity index (χ2v) is 11.2. The van der Waals surface area contributed by atoms with Gasteiger partial charge in [-0.1, -0.05) is 97.1 Å². The zero-order valence-electron chi connectivity index (χ0n) is 21.7. The molecule has 6 heteroatoms. The van der Waals surface area contributed by atoms with Crippen molar-refractivity contribution in [2.45, 2.75) is 25.2 Å². The Hall–Kier alpha value is -3.90. The third-order valence-corrected chi connectivity index (χ3v) is 7.13. The molecular weight excluding hydrogens is 492 g/mol. The highest BCUT2D eigenvalue weighted by atomic mass is 32.2. The van der Waals surface area contributed by atoms with Crippen LogP contribution in [0.1, 0.15) is 45.8 Å². The molecule has 0 aliphatic heterocycles. The van der Waals surface area contributed by atoms with Gasteiger partial charge in [-0.2, -0.15) is 0 Å². The van der Waals surface area contributed by atoms with Crippen molar-refractivity contribution in [1.82, 2.24) is 4.90 Å². The van der Waals surface area contributed by atoms with Crippen LogP contribution in [0.4, 0.5) is 5.69 Å². The summed E-state index contributed by atoms with van der Waals surface area (Å²) in [5.41, 5.74) is 4.53. The lowest BCUT2D eigenvalue weighted by Gasteiger charge is -2.26. The van der Waals surface area contributed by atoms with E-state index < -0.39 is 10.0 Å². The number of carbonyl (C=O) groups is 1. The Balaban J connectivity index is 1.56. The van der Waals surface area contributed by atoms with Crippen LogP contribution in [0, 0.1) is 0 Å². The van der Waals surface area contributed by atoms with Crippen molar-refractivity contribution in [3.8, 4) is 0 Å². The maximum absolute atomic E-state index is 13.7. The minimum Gasteiger partial charge on any atom is -0.339 e. The molecule has 0 saturated carbocycles. The van der Waals surface area contributed by atoms with E-state index in [1.807, 2.05) is 59.5 Å². The molecule has 38 heavy (non-hydrogen) atoms. The SMILES string of the molecule is CS(=O)(=O)Nc1cccc(C(=O)N(CCCc2ccccc2)CCC(c2ccccc2)c2ccccc2)c1. The van der Waals surface area contributed by atoms with Gasteiger partial charge in [0.15, 0.2) is 0 Å². The van der Waals surface area contributed by atoms with Crippen LogP contribution in [0.15, 0.2) is 115 Å². The second-order valence-electron chi connectivity index (χ2n) is 9.50. The van der Waals surface area contributed by atoms with Crippen molar-refractivity contribution in [3.05, 3.63) is 138 Å². The molecule has 0 aliphatic rings. The molecule has 1 N–H and O–H groups in total. The smallest absolute Gasteiger partial charge is 0.253 e. The fraction of sp³-hybridized carbons (Fsp3) is 0.219. The zero-order chi connectivity index (χ0) is 26.8. The van der Waals surface area contributed by atoms with E-state index in [1.165, 1.54) is 16.7 Å². The number of nitrogens with zero attached hydrogens (tertiary/aromatic N) is 1. The number of aryl methyl sites for hydroxylation is 1. The standard InChI is InChI=1S/C32H34N2O3S/c1-38(36,37)33-30-21-11-20-29(25-30)32(35)34(23-12-15-26-13-5-2-6-14-26)24-22-31(27-16-7-3-8-17-27)28-18-9-4-10-19-28/h2-11,13-14,16-21,25,31,33H,12,15,22-24H2,1H3. The molecule has 0 aromatic heterocycles. The number of benzene rings is 4. The van der Waals surface area contributed by atoms with E-state index in [-0.39, 0.29) is 11.8 Å². The fourth-order valence-electron chi connectivity index (χ4n) is 4.73. The van der Waals surface area contributed by atoms with Crippen molar-refractivity contribution in [2.24, 2.45) is 0 Å². The normalized spacial score (nSPS) is 11.3. The quantitative estimate of drug-likeness (QED) is 0.234. The number of anilines is 1. The Morgan fingerprint density at radius 3 is 1.92 bits per heavy atom. The maximum atomic E-state index is 13.7. The summed E-state index contributed by atoms with van der Waals surface area (Å²) < 4.78 is 25.9. The molecule has 0 spiro atoms. The van der Waals surface area contributed by atoms with E-state index >= 15 is 0 Å². The Labute approximate surface area is 226 Å². The predicted octanol–water partition coefficient (Wildman–Crippen LogP) is 6.36. The van der Waals surface area contributed by atoms with Gasteiger partial charge in [-0.05, 0) is 54.2 Å². The Kier molecular flexibility index (Phi) is 9.33. The lowest BCUT2D eigenvalue weighted by Crippen LogP contribution is -2.34. The van der Waals surface area contributed by atoms with Gasteiger partial charge < -0.3 is 4.90 Å². The van der Waals surface area contributed by atoms with E-state index in [1.54, 1.807) is 24.3 Å². The maximum Gasteiger partial charge on any atom is 0.253 e. The number of hydrogen-bond donors (Lipinski definition) is 1. The van der Waals surface area contributed by atoms with E-state index in [9.17, 15) is 13.2 Å². The highest BCUT2D eigenvalue weighted by Crippen LogP contribution is 2.28. The monoisotopic (exact) mass is 526 g/mol. The molecule has 0 aliphatic carbocycles. The van der Waals surface area contributed by atoms with E-state index in [2.05, 4.69) is 41.1 Å². The lowest BCUT2D eigenvalue weighted by atomic mass is 9.88. The number of rotatable bonds is 12. The summed E-state index contributed by atoms with van der Waals surface area (Å²) in [6.07, 6.45) is 3.58. The number of carbonyl (C=O) groups excluding carboxylic acids is 1. The number of sulfonamides is 1. The molecule has 0 fully saturated rings. The van der Waals surface area contributed by atoms with Crippen molar-refractivity contribution < 1.29 is 13.2 Å². The van der Waals surface area contributed by atoms with Crippen molar-refractivity contribution >= 4 is 21.6 Å². The van der Waals surface area contributed by atoms with Crippen LogP contribution < -0.4 is 4.72 Å². The summed E-state index contributed by atoms with van der Waals surface area (Å²) >= 11 is 0. The van der Waals surface area contributed by atoms with E-state index in [0.29, 0.717) is 24.3 Å². The van der Waals surface area contributed by atoms with Crippen molar-refractivity contribution in [1.29, 1.82) is 0 Å². The molecule has 0 radical (unpaired) electrons. The molecular formula is C32H34N2O3S. The predicted molar refractivity (Wildman–Crippen MR) is 155 cm³/mol. The highest BCUT2D eigenvalue weighted by molar-refractivity contribution is 7.92. The molecule has 1 amide bonds. The van der Waals surface area contributed by atoms with Gasteiger partial charge in [-0.25, -0.2) is 8.42 Å². The third kappa shape index (κ3) is 8.05. The topological polar surface area (TPSA) is 66.5 Å². The van der Waals surface area contributed by atoms with Crippen LogP contribution in [0.25, 0.3) is 0 Å². The van der Waals surface area contributed by atoms with Gasteiger partial charge in [0.2, 0.25) is 10.0 Å². The summed E-state index contributed by atoms with van der Waals surface area (Å²) in [7, 11) is -3.44. The van der Waals surface area contributed by atoms with Crippen LogP contribution in [0.2, 0.25) is 0 Å². The summed E-state index contributed by atoms with van der Waals surface area (Å²) in [5.74, 6) is 0.0511. The summed E-state index contributed by atoms with van der Waals surface area (Å²) in [4.78, 5) is 15.6. The number of nitrogens with one attached hydrogen (secondary N) is 1. The first-order chi connectivity index (χ1) is 18.4. The highest BCUT2D eigenvalue weighted by Gasteiger charge is 2.20. The number of amides is 1. The first-order valence-corrected chi connectivity index (χ1v) is 14.8. The fourth-order valence-corrected chi connectivity index (χ4v) is 5.28. The molecule has 0 heterocycles. The van der Waals surface area contributed by atoms with Crippen molar-refractivity contribution in [2.75, 3.05) is 24.1 Å². The molecule has 5 nitrogen and oxygen atoms in total. The largest absolute Gasteiger partial charge is 0.339 e. The summed E-state index contributed by atoms with van der Waals surface area (Å²) in [5, 5.41) is 0. The average Bonchev–Trinajstić information content (AvgIpc) is 2.93. The average molecular weight is 527 g/mol. The molecule has 0 atom stereocenters. The molecule has 0 unspecified atom stereocenters. The minimum atomic E-state index is -3.44. The Morgan fingerprint density at radius 1 is 0.763 bits per heavy atom. The van der Waals surface area contributed by atoms with Gasteiger partial charge in [0.1, 0.15) is 0 Å². The van der Waals surface area contributed by atoms with Crippen LogP contribution in [-0.2, 0) is 16.4 Å². The Bertz CT molecular complexity index is 1370. The summed E-state index contributed by atoms with van der Waals surface area (Å²) in [6, 6.07) is 37.8. The zero-order valence-corrected chi connectivity index (χ0v) is 22.5. The molecule has 4 rings (SSSR count). The van der Waals surface area contributed by atoms with Gasteiger partial charge in [-0.15, -0.1) is 0 Å². The van der Waals surface area contributed by atoms with E-state index in [0.717, 1.165) is 25.5 Å². The second kappa shape index (κ2) is 13.1. The minimum absolute atomic E-state index is 0.102. The molecule has 0 bridgehead atoms. The van der Waals surface area contributed by atoms with Crippen LogP contribution >= 0.6 is 0 Å². The molecule has 4 aromatic carbocycles. The number of hydrogen-bond acceptors (Lipinski definition) is 3. The van der Waals surface area contributed by atoms with Gasteiger partial charge in [0.05, 0.1) is 6.26 Å². The van der Waals surface area contributed by atoms with E-state index in [4.69, 9.17) is 0 Å². The first-order valence-electron chi connectivity index (χ1n) is 12.9. The van der Waals surface area contributed by atoms with Crippen LogP contribution in [0.5, 0.6) is 0 Å². The first kappa shape index (κ1) is 27.1. The molecule has 0 saturated heterocycles. The summed E-state index contributed by atoms with van der Waals surface area (Å²) in [6.45, 7) is 1.18. The van der Waals surface area contributed by atoms with Crippen molar-refractivity contribution in [3.63, 3.8) is 0 Å². The molecule has 4 aromatic rings. The van der Waals surface area contributed by atoms with Gasteiger partial charge in [-0.3, -0.25) is 9.52 Å². The molecule has 196 valence electrons. The van der Waals surface area contributed by atoms with Gasteiger partial charge in [0.25, 0.3) is 5.91 Å². The van der Waals surface area contributed by atoms with Gasteiger partial charge >= 0.3 is 0 Å². The van der Waals surface area contributed by atoms with Crippen LogP contribution in [-0.4, -0.2) is 38.6 Å². The third-order valence-electron chi connectivity index (χ3n) is 6.53. The Morgan fingerprint density at radius 2 is 1.34 bits per heavy atom. The lowest BCUT2D eigenvalue weighted by molar-refractivity contribution is 0.0750. The van der Waals surface area contributed by atoms with Gasteiger partial charge in [0, 0.05) is 30.3 Å².